The summed E-state index contributed by atoms with van der Waals surface area (Å²) >= 11 is 0. The van der Waals surface area contributed by atoms with Gasteiger partial charge in [0.05, 0.1) is 7.11 Å². The molecule has 0 aliphatic carbocycles. The molecule has 0 aromatic heterocycles. The summed E-state index contributed by atoms with van der Waals surface area (Å²) in [6.45, 7) is 1.75. The number of likely N-dealkylation sites (tertiary alicyclic amines) is 1. The van der Waals surface area contributed by atoms with E-state index in [1.165, 1.54) is 18.4 Å². The lowest BCUT2D eigenvalue weighted by molar-refractivity contribution is 0.0686. The van der Waals surface area contributed by atoms with Crippen LogP contribution in [0.4, 0.5) is 0 Å². The van der Waals surface area contributed by atoms with Gasteiger partial charge in [-0.2, -0.15) is 0 Å². The first-order valence-corrected chi connectivity index (χ1v) is 9.23. The van der Waals surface area contributed by atoms with Crippen molar-refractivity contribution in [1.29, 1.82) is 0 Å². The van der Waals surface area contributed by atoms with E-state index in [4.69, 9.17) is 4.74 Å². The first-order valence-electron chi connectivity index (χ1n) is 9.23. The Morgan fingerprint density at radius 1 is 1.04 bits per heavy atom. The fraction of sp³-hybridized carbons (Fsp3) is 0.409. The van der Waals surface area contributed by atoms with Crippen LogP contribution in [-0.4, -0.2) is 31.0 Å². The maximum atomic E-state index is 12.6. The number of methoxy groups -OCH3 is 1. The molecule has 3 nitrogen and oxygen atoms in total. The number of nitrogens with zero attached hydrogens (tertiary/aromatic N) is 1. The highest BCUT2D eigenvalue weighted by atomic mass is 16.5. The minimum absolute atomic E-state index is 0.144. The molecule has 0 unspecified atom stereocenters. The molecular weight excluding hydrogens is 310 g/mol. The molecule has 0 saturated carbocycles. The average molecular weight is 337 g/mol. The number of amides is 1. The second-order valence-corrected chi connectivity index (χ2v) is 6.84. The number of carbonyl (C=O) groups excluding carboxylic acids is 1. The van der Waals surface area contributed by atoms with E-state index in [0.29, 0.717) is 0 Å². The summed E-state index contributed by atoms with van der Waals surface area (Å²) in [5, 5.41) is 0. The average Bonchev–Trinajstić information content (AvgIpc) is 2.69. The normalized spacial score (nSPS) is 15.2. The topological polar surface area (TPSA) is 29.5 Å². The van der Waals surface area contributed by atoms with E-state index in [2.05, 4.69) is 30.3 Å². The minimum Gasteiger partial charge on any atom is -0.497 e. The lowest BCUT2D eigenvalue weighted by Gasteiger charge is -2.32. The van der Waals surface area contributed by atoms with E-state index < -0.39 is 0 Å². The van der Waals surface area contributed by atoms with Crippen LogP contribution >= 0.6 is 0 Å². The Balaban J connectivity index is 1.42. The van der Waals surface area contributed by atoms with E-state index in [1.807, 2.05) is 29.2 Å². The first-order chi connectivity index (χ1) is 12.3. The molecule has 3 rings (SSSR count). The van der Waals surface area contributed by atoms with Gasteiger partial charge >= 0.3 is 0 Å². The third kappa shape index (κ3) is 4.85. The number of piperidine rings is 1. The quantitative estimate of drug-likeness (QED) is 0.773. The SMILES string of the molecule is COc1ccc(C(=O)N2CCC(CCCc3ccccc3)CC2)cc1. The zero-order valence-corrected chi connectivity index (χ0v) is 15.0. The van der Waals surface area contributed by atoms with E-state index in [9.17, 15) is 4.79 Å². The highest BCUT2D eigenvalue weighted by Crippen LogP contribution is 2.24. The largest absolute Gasteiger partial charge is 0.497 e. The molecule has 1 amide bonds. The Kier molecular flexibility index (Phi) is 6.10. The number of hydrogen-bond acceptors (Lipinski definition) is 2. The Morgan fingerprint density at radius 2 is 1.72 bits per heavy atom. The predicted molar refractivity (Wildman–Crippen MR) is 101 cm³/mol. The van der Waals surface area contributed by atoms with Gasteiger partial charge in [-0.1, -0.05) is 30.3 Å². The summed E-state index contributed by atoms with van der Waals surface area (Å²) in [5.41, 5.74) is 2.18. The van der Waals surface area contributed by atoms with Gasteiger partial charge in [-0.25, -0.2) is 0 Å². The highest BCUT2D eigenvalue weighted by Gasteiger charge is 2.23. The molecule has 0 atom stereocenters. The van der Waals surface area contributed by atoms with Gasteiger partial charge < -0.3 is 9.64 Å². The number of aryl methyl sites for hydroxylation is 1. The third-order valence-corrected chi connectivity index (χ3v) is 5.16. The number of carbonyl (C=O) groups is 1. The summed E-state index contributed by atoms with van der Waals surface area (Å²) < 4.78 is 5.15. The van der Waals surface area contributed by atoms with Crippen molar-refractivity contribution < 1.29 is 9.53 Å². The van der Waals surface area contributed by atoms with Crippen LogP contribution in [0, 0.1) is 5.92 Å². The predicted octanol–water partition coefficient (Wildman–Crippen LogP) is 4.57. The molecule has 25 heavy (non-hydrogen) atoms. The van der Waals surface area contributed by atoms with Crippen molar-refractivity contribution in [1.82, 2.24) is 4.90 Å². The van der Waals surface area contributed by atoms with E-state index in [-0.39, 0.29) is 5.91 Å². The fourth-order valence-corrected chi connectivity index (χ4v) is 3.58. The Labute approximate surface area is 150 Å². The Morgan fingerprint density at radius 3 is 2.36 bits per heavy atom. The van der Waals surface area contributed by atoms with Crippen LogP contribution in [0.15, 0.2) is 54.6 Å². The monoisotopic (exact) mass is 337 g/mol. The summed E-state index contributed by atoms with van der Waals surface area (Å²) in [6.07, 6.45) is 5.90. The summed E-state index contributed by atoms with van der Waals surface area (Å²) in [5.74, 6) is 1.68. The molecule has 0 radical (unpaired) electrons. The van der Waals surface area contributed by atoms with Gasteiger partial charge in [0.1, 0.15) is 5.75 Å². The molecule has 1 aliphatic heterocycles. The highest BCUT2D eigenvalue weighted by molar-refractivity contribution is 5.94. The first kappa shape index (κ1) is 17.5. The number of ether oxygens (including phenoxy) is 1. The molecule has 2 aromatic carbocycles. The van der Waals surface area contributed by atoms with Crippen LogP contribution in [-0.2, 0) is 6.42 Å². The Bertz CT molecular complexity index is 658. The van der Waals surface area contributed by atoms with Gasteiger partial charge in [-0.15, -0.1) is 0 Å². The van der Waals surface area contributed by atoms with Gasteiger partial charge in [0, 0.05) is 18.7 Å². The lowest BCUT2D eigenvalue weighted by Crippen LogP contribution is -2.38. The third-order valence-electron chi connectivity index (χ3n) is 5.16. The van der Waals surface area contributed by atoms with Crippen LogP contribution in [0.3, 0.4) is 0 Å². The fourth-order valence-electron chi connectivity index (χ4n) is 3.58. The van der Waals surface area contributed by atoms with Crippen LogP contribution < -0.4 is 4.74 Å². The second kappa shape index (κ2) is 8.70. The van der Waals surface area contributed by atoms with Gasteiger partial charge in [-0.05, 0) is 67.9 Å². The number of benzene rings is 2. The van der Waals surface area contributed by atoms with Gasteiger partial charge in [0.2, 0.25) is 0 Å². The molecule has 132 valence electrons. The zero-order chi connectivity index (χ0) is 17.5. The lowest BCUT2D eigenvalue weighted by atomic mass is 9.90. The van der Waals surface area contributed by atoms with Crippen molar-refractivity contribution in [2.24, 2.45) is 5.92 Å². The molecule has 1 fully saturated rings. The van der Waals surface area contributed by atoms with Gasteiger partial charge in [0.15, 0.2) is 0 Å². The smallest absolute Gasteiger partial charge is 0.253 e. The van der Waals surface area contributed by atoms with Crippen LogP contribution in [0.5, 0.6) is 5.75 Å². The van der Waals surface area contributed by atoms with Crippen LogP contribution in [0.1, 0.15) is 41.6 Å². The maximum absolute atomic E-state index is 12.6. The van der Waals surface area contributed by atoms with E-state index in [0.717, 1.165) is 49.6 Å². The van der Waals surface area contributed by atoms with Crippen LogP contribution in [0.2, 0.25) is 0 Å². The van der Waals surface area contributed by atoms with Crippen molar-refractivity contribution in [3.05, 3.63) is 65.7 Å². The van der Waals surface area contributed by atoms with Crippen molar-refractivity contribution in [2.75, 3.05) is 20.2 Å². The minimum atomic E-state index is 0.144. The van der Waals surface area contributed by atoms with Gasteiger partial charge in [-0.3, -0.25) is 4.79 Å². The van der Waals surface area contributed by atoms with Gasteiger partial charge in [0.25, 0.3) is 5.91 Å². The molecule has 1 saturated heterocycles. The molecule has 2 aromatic rings. The van der Waals surface area contributed by atoms with Crippen molar-refractivity contribution in [3.63, 3.8) is 0 Å². The summed E-state index contributed by atoms with van der Waals surface area (Å²) in [6, 6.07) is 18.1. The number of rotatable bonds is 6. The number of hydrogen-bond donors (Lipinski definition) is 0. The molecule has 0 bridgehead atoms. The Hall–Kier alpha value is -2.29. The molecule has 3 heteroatoms. The van der Waals surface area contributed by atoms with Crippen molar-refractivity contribution >= 4 is 5.91 Å². The molecule has 0 spiro atoms. The van der Waals surface area contributed by atoms with Crippen molar-refractivity contribution in [3.8, 4) is 5.75 Å². The second-order valence-electron chi connectivity index (χ2n) is 6.84. The standard InChI is InChI=1S/C22H27NO2/c1-25-21-12-10-20(11-13-21)22(24)23-16-14-19(15-17-23)9-5-8-18-6-3-2-4-7-18/h2-4,6-7,10-13,19H,5,8-9,14-17H2,1H3. The molecule has 1 aliphatic rings. The molecule has 1 heterocycles. The maximum Gasteiger partial charge on any atom is 0.253 e. The molecule has 0 N–H and O–H groups in total. The summed E-state index contributed by atoms with van der Waals surface area (Å²) in [7, 11) is 1.64. The van der Waals surface area contributed by atoms with E-state index >= 15 is 0 Å². The van der Waals surface area contributed by atoms with E-state index in [1.54, 1.807) is 7.11 Å². The molecular formula is C22H27NO2. The van der Waals surface area contributed by atoms with Crippen molar-refractivity contribution in [2.45, 2.75) is 32.1 Å². The van der Waals surface area contributed by atoms with Crippen LogP contribution in [0.25, 0.3) is 0 Å². The summed E-state index contributed by atoms with van der Waals surface area (Å²) in [4.78, 5) is 14.6. The zero-order valence-electron chi connectivity index (χ0n) is 15.0.